The van der Waals surface area contributed by atoms with Gasteiger partial charge in [-0.05, 0) is 146 Å². The van der Waals surface area contributed by atoms with Crippen molar-refractivity contribution in [2.75, 3.05) is 89.8 Å². The first-order valence-corrected chi connectivity index (χ1v) is 42.9. The topological polar surface area (TPSA) is 297 Å². The Morgan fingerprint density at radius 1 is 0.356 bits per heavy atom. The van der Waals surface area contributed by atoms with Crippen LogP contribution in [0.3, 0.4) is 0 Å². The molecular formula is C99H93F6N15O12. The Balaban J connectivity index is 0.000000144. The lowest BCUT2D eigenvalue weighted by atomic mass is 9.97. The fourth-order valence-electron chi connectivity index (χ4n) is 19.1. The fourth-order valence-corrected chi connectivity index (χ4v) is 19.1. The third-order valence-electron chi connectivity index (χ3n) is 25.5. The van der Waals surface area contributed by atoms with Crippen LogP contribution in [0.2, 0.25) is 0 Å². The lowest BCUT2D eigenvalue weighted by molar-refractivity contribution is -0.132. The van der Waals surface area contributed by atoms with Gasteiger partial charge in [0.25, 0.3) is 34.4 Å². The quantitative estimate of drug-likeness (QED) is 0.0756. The molecule has 0 spiro atoms. The number of carbonyl (C=O) groups excluding carboxylic acids is 6. The highest BCUT2D eigenvalue weighted by Crippen LogP contribution is 2.49. The van der Waals surface area contributed by atoms with E-state index in [4.69, 9.17) is 0 Å². The summed E-state index contributed by atoms with van der Waals surface area (Å²) >= 11 is 0. The number of aromatic hydroxyl groups is 3. The van der Waals surface area contributed by atoms with E-state index in [1.54, 1.807) is 65.8 Å². The average molecular weight is 1800 g/mol. The van der Waals surface area contributed by atoms with Gasteiger partial charge in [-0.2, -0.15) is 0 Å². The van der Waals surface area contributed by atoms with Crippen LogP contribution >= 0.6 is 0 Å². The molecule has 12 heterocycles. The lowest BCUT2D eigenvalue weighted by Crippen LogP contribution is -2.66. The van der Waals surface area contributed by atoms with Crippen molar-refractivity contribution in [1.29, 1.82) is 0 Å². The highest BCUT2D eigenvalue weighted by molar-refractivity contribution is 6.15. The van der Waals surface area contributed by atoms with E-state index in [2.05, 4.69) is 34.7 Å². The number of carbonyl (C=O) groups is 6. The predicted octanol–water partition coefficient (Wildman–Crippen LogP) is 14.2. The van der Waals surface area contributed by atoms with Gasteiger partial charge in [0.2, 0.25) is 17.7 Å². The first kappa shape index (κ1) is 90.2. The molecule has 3 N–H and O–H groups in total. The minimum Gasteiger partial charge on any atom is -0.507 e. The van der Waals surface area contributed by atoms with Crippen molar-refractivity contribution >= 4 is 103 Å². The molecule has 6 aromatic heterocycles. The molecule has 0 radical (unpaired) electrons. The van der Waals surface area contributed by atoms with Crippen LogP contribution in [0, 0.1) is 34.9 Å². The van der Waals surface area contributed by atoms with Gasteiger partial charge in [-0.15, -0.1) is 0 Å². The third-order valence-corrected chi connectivity index (χ3v) is 25.5. The van der Waals surface area contributed by atoms with Crippen molar-refractivity contribution in [2.45, 2.75) is 116 Å². The van der Waals surface area contributed by atoms with Crippen molar-refractivity contribution in [3.63, 3.8) is 0 Å². The zero-order valence-corrected chi connectivity index (χ0v) is 74.1. The number of halogens is 6. The smallest absolute Gasteiger partial charge is 0.282 e. The first-order valence-electron chi connectivity index (χ1n) is 42.9. The summed E-state index contributed by atoms with van der Waals surface area (Å²) in [6, 6.07) is 32.3. The number of benzene rings is 6. The maximum atomic E-state index is 16.1. The SMILES string of the molecule is C=CC(=O)N1C[C@@H]2C(=O)N(C)c3c(c4cc(F)c(-c5c(O)cccc5F)nc4n(-c4ccccc4C(C)C)c3=O)N2C[C@H]1C.C=CC(=O)N1C[C@@H]2C(=O)N(C)c3c(c4cc(F)c(-c5c(O)cccc5F)nc4n(-c4ccccc4C(C)C)c3=O)N2C[C@H]1C.C=CC(=O)N1C[C@@H]2C(=O)N(C)c3c(c4cc(F)c(-c5c(O)cccc5F)nc4n(-c4ccccc4C(C)C)c3=O)N2C[C@H]1C. The second kappa shape index (κ2) is 34.7. The third kappa shape index (κ3) is 14.7. The number of hydrogen-bond acceptors (Lipinski definition) is 18. The van der Waals surface area contributed by atoms with Crippen molar-refractivity contribution in [3.05, 3.63) is 266 Å². The molecule has 6 aromatic carbocycles. The number of rotatable bonds is 12. The summed E-state index contributed by atoms with van der Waals surface area (Å²) in [6.45, 7) is 28.6. The number of phenolic OH excluding ortho intramolecular Hbond substituents is 3. The minimum absolute atomic E-state index is 0.0275. The normalized spacial score (nSPS) is 18.1. The number of hydrogen-bond donors (Lipinski definition) is 3. The van der Waals surface area contributed by atoms with E-state index < -0.39 is 138 Å². The number of anilines is 6. The minimum atomic E-state index is -0.924. The molecule has 6 atom stereocenters. The summed E-state index contributed by atoms with van der Waals surface area (Å²) in [4.78, 5) is 150. The van der Waals surface area contributed by atoms with Crippen LogP contribution in [-0.2, 0) is 28.8 Å². The Hall–Kier alpha value is -15.2. The lowest BCUT2D eigenvalue weighted by Gasteiger charge is -2.49. The number of amides is 6. The van der Waals surface area contributed by atoms with Crippen LogP contribution in [-0.4, -0.2) is 191 Å². The van der Waals surface area contributed by atoms with Crippen molar-refractivity contribution in [1.82, 2.24) is 43.4 Å². The van der Waals surface area contributed by atoms with Crippen LogP contribution in [0.1, 0.15) is 96.8 Å². The van der Waals surface area contributed by atoms with Crippen molar-refractivity contribution in [2.24, 2.45) is 0 Å². The van der Waals surface area contributed by atoms with E-state index in [0.29, 0.717) is 34.1 Å². The van der Waals surface area contributed by atoms with Crippen LogP contribution in [0.15, 0.2) is 198 Å². The predicted molar refractivity (Wildman–Crippen MR) is 493 cm³/mol. The van der Waals surface area contributed by atoms with Gasteiger partial charge in [0.1, 0.15) is 87.0 Å². The van der Waals surface area contributed by atoms with Crippen LogP contribution in [0.5, 0.6) is 17.2 Å². The van der Waals surface area contributed by atoms with Crippen LogP contribution < -0.4 is 46.1 Å². The average Bonchev–Trinajstić information content (AvgIpc) is 0.713. The van der Waals surface area contributed by atoms with Gasteiger partial charge < -0.3 is 59.4 Å². The summed E-state index contributed by atoms with van der Waals surface area (Å²) in [5.41, 5.74) is 0.474. The maximum Gasteiger partial charge on any atom is 0.282 e. The number of aromatic nitrogens is 6. The Morgan fingerprint density at radius 3 is 0.826 bits per heavy atom. The van der Waals surface area contributed by atoms with E-state index in [9.17, 15) is 58.5 Å². The summed E-state index contributed by atoms with van der Waals surface area (Å²) in [6.07, 6.45) is 3.57. The van der Waals surface area contributed by atoms with E-state index in [-0.39, 0.29) is 143 Å². The van der Waals surface area contributed by atoms with Gasteiger partial charge in [0.15, 0.2) is 34.4 Å². The number of piperazine rings is 3. The van der Waals surface area contributed by atoms with E-state index in [1.165, 1.54) is 122 Å². The van der Waals surface area contributed by atoms with Gasteiger partial charge >= 0.3 is 0 Å². The maximum absolute atomic E-state index is 16.1. The standard InChI is InChI=1S/3C33H31F2N5O4/c3*1-6-26(42)38-16-24-32(43)37(5)30-29(39(24)15-18(38)4)20-14-22(35)28(27-21(34)11-9-13-25(27)41)36-31(20)40(33(30)44)23-12-8-7-10-19(23)17(2)3/h3*6-14,17-18,24,41H,1,15-16H2,2-5H3/t3*18-,24-/m111/s1. The number of fused-ring (bicyclic) bond motifs is 15. The zero-order chi connectivity index (χ0) is 94.8. The largest absolute Gasteiger partial charge is 0.507 e. The molecule has 0 unspecified atom stereocenters. The van der Waals surface area contributed by atoms with Gasteiger partial charge in [0, 0.05) is 75.1 Å². The molecule has 0 aliphatic carbocycles. The fraction of sp³-hybridized carbons (Fsp3) is 0.273. The van der Waals surface area contributed by atoms with Gasteiger partial charge in [-0.3, -0.25) is 56.9 Å². The molecule has 0 saturated carbocycles. The Labute approximate surface area is 753 Å². The molecule has 6 amide bonds. The molecule has 0 bridgehead atoms. The molecule has 33 heteroatoms. The molecule has 678 valence electrons. The first-order chi connectivity index (χ1) is 62.9. The van der Waals surface area contributed by atoms with Crippen molar-refractivity contribution in [3.8, 4) is 68.1 Å². The van der Waals surface area contributed by atoms with E-state index in [0.717, 1.165) is 34.9 Å². The number of phenols is 3. The summed E-state index contributed by atoms with van der Waals surface area (Å²) in [5, 5.41) is 32.2. The molecular weight excluding hydrogens is 1710 g/mol. The monoisotopic (exact) mass is 1800 g/mol. The zero-order valence-electron chi connectivity index (χ0n) is 74.1. The van der Waals surface area contributed by atoms with Crippen molar-refractivity contribution < 1.29 is 70.4 Å². The molecule has 6 aliphatic rings. The van der Waals surface area contributed by atoms with Gasteiger partial charge in [-0.1, -0.05) is 134 Å². The van der Waals surface area contributed by atoms with Gasteiger partial charge in [0.05, 0.1) is 70.4 Å². The molecule has 18 rings (SSSR count). The highest BCUT2D eigenvalue weighted by Gasteiger charge is 2.51. The molecule has 12 aromatic rings. The van der Waals surface area contributed by atoms with Crippen LogP contribution in [0.25, 0.3) is 83.9 Å². The van der Waals surface area contributed by atoms with E-state index in [1.807, 2.05) is 98.7 Å². The molecule has 6 aliphatic heterocycles. The number of likely N-dealkylation sites (N-methyl/N-ethyl adjacent to an activating group) is 3. The second-order valence-electron chi connectivity index (χ2n) is 34.5. The number of nitrogens with zero attached hydrogens (tertiary/aromatic N) is 15. The Kier molecular flexibility index (Phi) is 23.7. The van der Waals surface area contributed by atoms with Crippen LogP contribution in [0.4, 0.5) is 60.5 Å². The molecule has 132 heavy (non-hydrogen) atoms. The number of para-hydroxylation sites is 3. The van der Waals surface area contributed by atoms with E-state index >= 15 is 26.3 Å². The number of pyridine rings is 6. The van der Waals surface area contributed by atoms with Gasteiger partial charge in [-0.25, -0.2) is 41.3 Å². The molecule has 3 saturated heterocycles. The summed E-state index contributed by atoms with van der Waals surface area (Å²) < 4.78 is 97.3. The molecule has 27 nitrogen and oxygen atoms in total. The summed E-state index contributed by atoms with van der Waals surface area (Å²) in [5.74, 6) is -9.19. The summed E-state index contributed by atoms with van der Waals surface area (Å²) in [7, 11) is 4.45. The Bertz CT molecular complexity index is 6410. The molecule has 3 fully saturated rings. The Morgan fingerprint density at radius 2 is 0.598 bits per heavy atom. The second-order valence-corrected chi connectivity index (χ2v) is 34.5. The highest BCUT2D eigenvalue weighted by atomic mass is 19.1.